The molecule has 0 aliphatic carbocycles. The average molecular weight is 520 g/mol. The molecule has 7 nitrogen and oxygen atoms in total. The van der Waals surface area contributed by atoms with Crippen LogP contribution in [0.25, 0.3) is 11.5 Å². The lowest BCUT2D eigenvalue weighted by atomic mass is 10.0. The van der Waals surface area contributed by atoms with Crippen molar-refractivity contribution in [2.24, 2.45) is 0 Å². The molecule has 0 amide bonds. The minimum atomic E-state index is -1.30. The molecule has 4 aromatic rings. The molecule has 0 bridgehead atoms. The Morgan fingerprint density at radius 3 is 2.43 bits per heavy atom. The normalized spacial score (nSPS) is 11.7. The minimum Gasteiger partial charge on any atom is -0.478 e. The second-order valence-electron chi connectivity index (χ2n) is 9.75. The number of hydrogen-bond acceptors (Lipinski definition) is 7. The van der Waals surface area contributed by atoms with E-state index in [1.807, 2.05) is 62.7 Å². The highest BCUT2D eigenvalue weighted by atomic mass is 32.1. The third-order valence-corrected chi connectivity index (χ3v) is 6.98. The van der Waals surface area contributed by atoms with Crippen molar-refractivity contribution in [1.29, 1.82) is 0 Å². The van der Waals surface area contributed by atoms with E-state index in [9.17, 15) is 9.90 Å². The molecule has 0 aliphatic rings. The first-order chi connectivity index (χ1) is 17.6. The topological polar surface area (TPSA) is 88.7 Å². The van der Waals surface area contributed by atoms with Crippen molar-refractivity contribution in [2.75, 3.05) is 6.54 Å². The molecule has 4 rings (SSSR count). The van der Waals surface area contributed by atoms with Gasteiger partial charge in [-0.2, -0.15) is 0 Å². The van der Waals surface area contributed by atoms with Crippen LogP contribution < -0.4 is 4.74 Å². The number of benzene rings is 2. The maximum atomic E-state index is 11.6. The summed E-state index contributed by atoms with van der Waals surface area (Å²) < 4.78 is 11.8. The standard InChI is InChI=1S/C29H33N3O4S/c1-19-15-22(16-20(2)26(19)36-29(4,5)28(33)34)17-32(18-25-30-12-14-37-25)13-11-24-21(3)35-27(31-24)23-9-7-6-8-10-23/h6-10,12,14-16H,11,13,17-18H2,1-5H3,(H,33,34). The zero-order valence-electron chi connectivity index (χ0n) is 21.9. The highest BCUT2D eigenvalue weighted by Crippen LogP contribution is 2.30. The van der Waals surface area contributed by atoms with Crippen LogP contribution in [0, 0.1) is 20.8 Å². The Balaban J connectivity index is 1.52. The predicted molar refractivity (Wildman–Crippen MR) is 145 cm³/mol. The molecule has 0 fully saturated rings. The lowest BCUT2D eigenvalue weighted by Gasteiger charge is -2.26. The second kappa shape index (κ2) is 11.3. The average Bonchev–Trinajstić information content (AvgIpc) is 3.50. The summed E-state index contributed by atoms with van der Waals surface area (Å²) in [6, 6.07) is 14.1. The molecule has 0 unspecified atom stereocenters. The number of aliphatic carboxylic acids is 1. The van der Waals surface area contributed by atoms with Crippen LogP contribution in [-0.4, -0.2) is 38.1 Å². The highest BCUT2D eigenvalue weighted by Gasteiger charge is 2.30. The molecule has 2 aromatic carbocycles. The number of carbonyl (C=O) groups is 1. The van der Waals surface area contributed by atoms with Crippen LogP contribution in [0.3, 0.4) is 0 Å². The maximum absolute atomic E-state index is 11.6. The molecule has 2 heterocycles. The maximum Gasteiger partial charge on any atom is 0.347 e. The fraction of sp³-hybridized carbons (Fsp3) is 0.345. The summed E-state index contributed by atoms with van der Waals surface area (Å²) >= 11 is 1.64. The molecule has 0 saturated carbocycles. The number of aryl methyl sites for hydroxylation is 3. The van der Waals surface area contributed by atoms with Gasteiger partial charge in [0.05, 0.1) is 12.2 Å². The molecular formula is C29H33N3O4S. The van der Waals surface area contributed by atoms with Gasteiger partial charge in [0.1, 0.15) is 16.5 Å². The van der Waals surface area contributed by atoms with Gasteiger partial charge in [0.15, 0.2) is 5.60 Å². The third-order valence-electron chi connectivity index (χ3n) is 6.22. The van der Waals surface area contributed by atoms with Crippen LogP contribution >= 0.6 is 11.3 Å². The molecule has 0 radical (unpaired) electrons. The summed E-state index contributed by atoms with van der Waals surface area (Å²) in [6.45, 7) is 11.2. The minimum absolute atomic E-state index is 0.620. The van der Waals surface area contributed by atoms with Gasteiger partial charge in [-0.05, 0) is 63.4 Å². The van der Waals surface area contributed by atoms with Crippen molar-refractivity contribution >= 4 is 17.3 Å². The Morgan fingerprint density at radius 2 is 1.81 bits per heavy atom. The van der Waals surface area contributed by atoms with Crippen molar-refractivity contribution in [2.45, 2.75) is 59.7 Å². The summed E-state index contributed by atoms with van der Waals surface area (Å²) in [5, 5.41) is 12.5. The van der Waals surface area contributed by atoms with E-state index in [1.165, 1.54) is 0 Å². The Bertz CT molecular complexity index is 1320. The van der Waals surface area contributed by atoms with Crippen molar-refractivity contribution in [3.8, 4) is 17.2 Å². The summed E-state index contributed by atoms with van der Waals surface area (Å²) in [6.07, 6.45) is 2.58. The van der Waals surface area contributed by atoms with Crippen LogP contribution in [0.2, 0.25) is 0 Å². The monoisotopic (exact) mass is 519 g/mol. The van der Waals surface area contributed by atoms with Gasteiger partial charge in [0.2, 0.25) is 5.89 Å². The van der Waals surface area contributed by atoms with Gasteiger partial charge in [0.25, 0.3) is 0 Å². The van der Waals surface area contributed by atoms with Gasteiger partial charge in [-0.15, -0.1) is 11.3 Å². The van der Waals surface area contributed by atoms with Crippen molar-refractivity contribution in [3.63, 3.8) is 0 Å². The first-order valence-electron chi connectivity index (χ1n) is 12.3. The lowest BCUT2D eigenvalue weighted by Crippen LogP contribution is -2.38. The van der Waals surface area contributed by atoms with E-state index in [1.54, 1.807) is 25.2 Å². The molecule has 0 spiro atoms. The first kappa shape index (κ1) is 26.6. The number of carboxylic acids is 1. The highest BCUT2D eigenvalue weighted by molar-refractivity contribution is 7.09. The fourth-order valence-corrected chi connectivity index (χ4v) is 4.87. The number of carboxylic acid groups (broad SMARTS) is 1. The molecule has 0 saturated heterocycles. The smallest absolute Gasteiger partial charge is 0.347 e. The van der Waals surface area contributed by atoms with Crippen LogP contribution in [0.4, 0.5) is 0 Å². The van der Waals surface area contributed by atoms with Crippen LogP contribution in [0.5, 0.6) is 5.75 Å². The van der Waals surface area contributed by atoms with Gasteiger partial charge in [-0.1, -0.05) is 30.3 Å². The van der Waals surface area contributed by atoms with Gasteiger partial charge >= 0.3 is 5.97 Å². The fourth-order valence-electron chi connectivity index (χ4n) is 4.21. The molecule has 2 aromatic heterocycles. The van der Waals surface area contributed by atoms with E-state index in [4.69, 9.17) is 14.1 Å². The SMILES string of the molecule is Cc1cc(CN(CCc2nc(-c3ccccc3)oc2C)Cc2nccs2)cc(C)c1OC(C)(C)C(=O)O. The van der Waals surface area contributed by atoms with Gasteiger partial charge in [-0.25, -0.2) is 14.8 Å². The Morgan fingerprint density at radius 1 is 1.11 bits per heavy atom. The van der Waals surface area contributed by atoms with Crippen LogP contribution in [-0.2, 0) is 24.3 Å². The first-order valence-corrected chi connectivity index (χ1v) is 13.2. The van der Waals surface area contributed by atoms with Gasteiger partial charge in [-0.3, -0.25) is 4.90 Å². The van der Waals surface area contributed by atoms with Crippen molar-refractivity contribution in [3.05, 3.63) is 87.2 Å². The van der Waals surface area contributed by atoms with E-state index in [0.717, 1.165) is 58.2 Å². The van der Waals surface area contributed by atoms with Gasteiger partial charge in [0, 0.05) is 36.7 Å². The molecule has 8 heteroatoms. The van der Waals surface area contributed by atoms with E-state index in [2.05, 4.69) is 22.0 Å². The zero-order chi connectivity index (χ0) is 26.6. The predicted octanol–water partition coefficient (Wildman–Crippen LogP) is 6.21. The molecular weight excluding hydrogens is 486 g/mol. The number of oxazole rings is 1. The number of nitrogens with zero attached hydrogens (tertiary/aromatic N) is 3. The largest absolute Gasteiger partial charge is 0.478 e. The van der Waals surface area contributed by atoms with Crippen LogP contribution in [0.15, 0.2) is 58.5 Å². The number of hydrogen-bond donors (Lipinski definition) is 1. The summed E-state index contributed by atoms with van der Waals surface area (Å²) in [5.41, 5.74) is 3.58. The van der Waals surface area contributed by atoms with E-state index in [-0.39, 0.29) is 0 Å². The molecule has 0 aliphatic heterocycles. The third kappa shape index (κ3) is 6.64. The number of ether oxygens (including phenoxy) is 1. The molecule has 0 atom stereocenters. The molecule has 37 heavy (non-hydrogen) atoms. The second-order valence-corrected chi connectivity index (χ2v) is 10.7. The van der Waals surface area contributed by atoms with E-state index < -0.39 is 11.6 Å². The lowest BCUT2D eigenvalue weighted by molar-refractivity contribution is -0.152. The number of aromatic nitrogens is 2. The zero-order valence-corrected chi connectivity index (χ0v) is 22.8. The summed E-state index contributed by atoms with van der Waals surface area (Å²) in [5.74, 6) is 1.10. The Kier molecular flexibility index (Phi) is 8.10. The van der Waals surface area contributed by atoms with Gasteiger partial charge < -0.3 is 14.3 Å². The van der Waals surface area contributed by atoms with E-state index >= 15 is 0 Å². The summed E-state index contributed by atoms with van der Waals surface area (Å²) in [7, 11) is 0. The van der Waals surface area contributed by atoms with E-state index in [0.29, 0.717) is 18.2 Å². The molecule has 1 N–H and O–H groups in total. The number of thiazole rings is 1. The molecule has 194 valence electrons. The van der Waals surface area contributed by atoms with Crippen LogP contribution in [0.1, 0.15) is 47.0 Å². The summed E-state index contributed by atoms with van der Waals surface area (Å²) in [4.78, 5) is 23.2. The quantitative estimate of drug-likeness (QED) is 0.252. The van der Waals surface area contributed by atoms with Crippen molar-refractivity contribution in [1.82, 2.24) is 14.9 Å². The number of rotatable bonds is 11. The Labute approximate surface area is 221 Å². The van der Waals surface area contributed by atoms with Crippen molar-refractivity contribution < 1.29 is 19.1 Å². The Hall–Kier alpha value is -3.49.